The molecule has 1 aromatic heterocycles. The summed E-state index contributed by atoms with van der Waals surface area (Å²) in [5.41, 5.74) is 0.156. The number of aromatic amines is 2. The van der Waals surface area contributed by atoms with Crippen molar-refractivity contribution in [2.45, 2.75) is 4.90 Å². The minimum absolute atomic E-state index is 0.0627. The molecule has 2 rings (SSSR count). The van der Waals surface area contributed by atoms with E-state index in [4.69, 9.17) is 0 Å². The van der Waals surface area contributed by atoms with Crippen LogP contribution in [0.4, 0.5) is 3.89 Å². The number of benzene rings is 1. The lowest BCUT2D eigenvalue weighted by atomic mass is 10.3. The van der Waals surface area contributed by atoms with Crippen molar-refractivity contribution >= 4 is 37.2 Å². The zero-order valence-corrected chi connectivity index (χ0v) is 9.45. The van der Waals surface area contributed by atoms with Crippen molar-refractivity contribution in [1.82, 2.24) is 9.97 Å². The van der Waals surface area contributed by atoms with Gasteiger partial charge in [0.05, 0.1) is 11.0 Å². The van der Waals surface area contributed by atoms with E-state index in [0.717, 1.165) is 6.07 Å². The van der Waals surface area contributed by atoms with Crippen molar-refractivity contribution in [3.63, 3.8) is 0 Å². The van der Waals surface area contributed by atoms with Gasteiger partial charge in [-0.15, -0.1) is 3.89 Å². The van der Waals surface area contributed by atoms with Crippen molar-refractivity contribution in [2.24, 2.45) is 0 Å². The Labute approximate surface area is 91.7 Å². The largest absolute Gasteiger partial charge is 0.333 e. The summed E-state index contributed by atoms with van der Waals surface area (Å²) < 4.78 is 34.2. The van der Waals surface area contributed by atoms with Crippen LogP contribution in [0.2, 0.25) is 0 Å². The second-order valence-corrected chi connectivity index (χ2v) is 5.02. The molecule has 0 saturated carbocycles. The molecule has 0 aliphatic heterocycles. The Morgan fingerprint density at radius 3 is 2.27 bits per heavy atom. The standard InChI is InChI=1S/C7H4BrFN2O3S/c8-3-1-4-5(11-7(12)10-4)2-6(3)15(9,13)14/h1-2H,(H2,10,11,12). The van der Waals surface area contributed by atoms with Crippen LogP contribution in [0, 0.1) is 0 Å². The highest BCUT2D eigenvalue weighted by Gasteiger charge is 2.17. The van der Waals surface area contributed by atoms with E-state index < -0.39 is 20.8 Å². The predicted octanol–water partition coefficient (Wildman–Crippen LogP) is 1.28. The topological polar surface area (TPSA) is 82.8 Å². The molecule has 0 amide bonds. The maximum atomic E-state index is 12.8. The minimum atomic E-state index is -4.80. The van der Waals surface area contributed by atoms with Gasteiger partial charge in [0.25, 0.3) is 0 Å². The van der Waals surface area contributed by atoms with Gasteiger partial charge in [-0.3, -0.25) is 0 Å². The van der Waals surface area contributed by atoms with Gasteiger partial charge in [-0.2, -0.15) is 8.42 Å². The molecule has 0 aliphatic rings. The maximum absolute atomic E-state index is 12.8. The van der Waals surface area contributed by atoms with Crippen LogP contribution < -0.4 is 5.69 Å². The van der Waals surface area contributed by atoms with Crippen LogP contribution in [0.3, 0.4) is 0 Å². The van der Waals surface area contributed by atoms with Crippen LogP contribution in [0.25, 0.3) is 11.0 Å². The van der Waals surface area contributed by atoms with Gasteiger partial charge in [0, 0.05) is 4.47 Å². The molecular weight excluding hydrogens is 291 g/mol. The molecule has 8 heteroatoms. The first-order valence-electron chi connectivity index (χ1n) is 3.74. The Morgan fingerprint density at radius 1 is 1.20 bits per heavy atom. The summed E-state index contributed by atoms with van der Waals surface area (Å²) in [6, 6.07) is 2.37. The van der Waals surface area contributed by atoms with E-state index in [1.807, 2.05) is 0 Å². The molecule has 0 atom stereocenters. The molecule has 0 radical (unpaired) electrons. The zero-order valence-electron chi connectivity index (χ0n) is 7.04. The predicted molar refractivity (Wildman–Crippen MR) is 54.9 cm³/mol. The number of hydrogen-bond acceptors (Lipinski definition) is 3. The Morgan fingerprint density at radius 2 is 1.73 bits per heavy atom. The van der Waals surface area contributed by atoms with Gasteiger partial charge in [-0.05, 0) is 28.1 Å². The molecular formula is C7H4BrFN2O3S. The average Bonchev–Trinajstić information content (AvgIpc) is 2.40. The average molecular weight is 295 g/mol. The highest BCUT2D eigenvalue weighted by Crippen LogP contribution is 2.26. The van der Waals surface area contributed by atoms with Gasteiger partial charge in [-0.25, -0.2) is 4.79 Å². The number of H-pyrrole nitrogens is 2. The van der Waals surface area contributed by atoms with E-state index in [1.54, 1.807) is 0 Å². The Kier molecular flexibility index (Phi) is 2.19. The van der Waals surface area contributed by atoms with Gasteiger partial charge in [0.15, 0.2) is 0 Å². The Bertz CT molecular complexity index is 688. The van der Waals surface area contributed by atoms with Crippen LogP contribution in [0.1, 0.15) is 0 Å². The molecule has 2 N–H and O–H groups in total. The van der Waals surface area contributed by atoms with Crippen LogP contribution in [-0.2, 0) is 10.2 Å². The van der Waals surface area contributed by atoms with E-state index in [1.165, 1.54) is 6.07 Å². The highest BCUT2D eigenvalue weighted by atomic mass is 79.9. The lowest BCUT2D eigenvalue weighted by Gasteiger charge is -1.98. The molecule has 15 heavy (non-hydrogen) atoms. The summed E-state index contributed by atoms with van der Waals surface area (Å²) in [4.78, 5) is 15.1. The fourth-order valence-electron chi connectivity index (χ4n) is 1.22. The Balaban J connectivity index is 2.89. The molecule has 1 aromatic carbocycles. The van der Waals surface area contributed by atoms with Crippen molar-refractivity contribution in [1.29, 1.82) is 0 Å². The SMILES string of the molecule is O=c1[nH]c2cc(Br)c(S(=O)(=O)F)cc2[nH]1. The number of aromatic nitrogens is 2. The maximum Gasteiger partial charge on any atom is 0.333 e. The normalized spacial score (nSPS) is 12.1. The number of rotatable bonds is 1. The molecule has 0 saturated heterocycles. The molecule has 0 unspecified atom stereocenters. The third kappa shape index (κ3) is 1.82. The summed E-state index contributed by atoms with van der Waals surface area (Å²) in [5.74, 6) is 0. The lowest BCUT2D eigenvalue weighted by molar-refractivity contribution is 0.551. The van der Waals surface area contributed by atoms with Gasteiger partial charge < -0.3 is 9.97 Å². The number of fused-ring (bicyclic) bond motifs is 1. The summed E-state index contributed by atoms with van der Waals surface area (Å²) in [6.45, 7) is 0. The van der Waals surface area contributed by atoms with Crippen molar-refractivity contribution < 1.29 is 12.3 Å². The van der Waals surface area contributed by atoms with E-state index in [2.05, 4.69) is 25.9 Å². The zero-order chi connectivity index (χ0) is 11.2. The number of imidazole rings is 1. The third-order valence-corrected chi connectivity index (χ3v) is 3.61. The van der Waals surface area contributed by atoms with Crippen LogP contribution in [-0.4, -0.2) is 18.4 Å². The molecule has 0 bridgehead atoms. The first-order chi connectivity index (χ1) is 6.88. The van der Waals surface area contributed by atoms with E-state index in [9.17, 15) is 17.1 Å². The highest BCUT2D eigenvalue weighted by molar-refractivity contribution is 9.10. The molecule has 5 nitrogen and oxygen atoms in total. The van der Waals surface area contributed by atoms with E-state index >= 15 is 0 Å². The first kappa shape index (κ1) is 10.4. The molecule has 0 aliphatic carbocycles. The third-order valence-electron chi connectivity index (χ3n) is 1.83. The monoisotopic (exact) mass is 294 g/mol. The molecule has 0 spiro atoms. The van der Waals surface area contributed by atoms with Crippen LogP contribution in [0.15, 0.2) is 26.3 Å². The summed E-state index contributed by atoms with van der Waals surface area (Å²) in [7, 11) is -4.80. The van der Waals surface area contributed by atoms with E-state index in [0.29, 0.717) is 5.52 Å². The first-order valence-corrected chi connectivity index (χ1v) is 5.92. The molecule has 80 valence electrons. The molecule has 0 fully saturated rings. The number of halogens is 2. The lowest BCUT2D eigenvalue weighted by Crippen LogP contribution is -1.99. The Hall–Kier alpha value is -1.15. The molecule has 2 aromatic rings. The van der Waals surface area contributed by atoms with Gasteiger partial charge >= 0.3 is 15.9 Å². The molecule has 1 heterocycles. The minimum Gasteiger partial charge on any atom is -0.306 e. The van der Waals surface area contributed by atoms with Gasteiger partial charge in [0.2, 0.25) is 0 Å². The number of nitrogens with one attached hydrogen (secondary N) is 2. The fraction of sp³-hybridized carbons (Fsp3) is 0. The smallest absolute Gasteiger partial charge is 0.306 e. The summed E-state index contributed by atoms with van der Waals surface area (Å²) in [6.07, 6.45) is 0. The van der Waals surface area contributed by atoms with Crippen LogP contribution >= 0.6 is 15.9 Å². The fourth-order valence-corrected chi connectivity index (χ4v) is 2.70. The van der Waals surface area contributed by atoms with Crippen molar-refractivity contribution in [2.75, 3.05) is 0 Å². The van der Waals surface area contributed by atoms with Crippen LogP contribution in [0.5, 0.6) is 0 Å². The van der Waals surface area contributed by atoms with E-state index in [-0.39, 0.29) is 9.99 Å². The number of hydrogen-bond donors (Lipinski definition) is 2. The summed E-state index contributed by atoms with van der Waals surface area (Å²) >= 11 is 2.91. The second-order valence-electron chi connectivity index (χ2n) is 2.85. The van der Waals surface area contributed by atoms with Gasteiger partial charge in [-0.1, -0.05) is 0 Å². The van der Waals surface area contributed by atoms with Crippen molar-refractivity contribution in [3.05, 3.63) is 27.1 Å². The van der Waals surface area contributed by atoms with Gasteiger partial charge in [0.1, 0.15) is 4.90 Å². The second kappa shape index (κ2) is 3.17. The van der Waals surface area contributed by atoms with Crippen molar-refractivity contribution in [3.8, 4) is 0 Å². The quantitative estimate of drug-likeness (QED) is 0.777. The summed E-state index contributed by atoms with van der Waals surface area (Å²) in [5, 5.41) is 0.